The number of rotatable bonds is 3. The van der Waals surface area contributed by atoms with Crippen LogP contribution >= 0.6 is 8.60 Å². The van der Waals surface area contributed by atoms with E-state index in [1.165, 1.54) is 0 Å². The molecule has 1 heterocycles. The van der Waals surface area contributed by atoms with Crippen molar-refractivity contribution >= 4 is 8.60 Å². The minimum atomic E-state index is -1.17. The van der Waals surface area contributed by atoms with Crippen molar-refractivity contribution in [2.45, 2.75) is 32.5 Å². The standard InChI is InChI=1S/C12H17O3P/c1-10-8-9-13-16(14-10)15-11(2)12-6-4-3-5-7-12/h3-7,10-11H,8-9H2,1-2H3/t10?,11-,16?/m1/s1. The molecule has 4 heteroatoms. The molecule has 2 rings (SSSR count). The van der Waals surface area contributed by atoms with Crippen molar-refractivity contribution in [3.8, 4) is 0 Å². The smallest absolute Gasteiger partial charge is 0.312 e. The Hall–Kier alpha value is -0.470. The molecule has 1 saturated heterocycles. The van der Waals surface area contributed by atoms with Gasteiger partial charge in [0.05, 0.1) is 18.8 Å². The second kappa shape index (κ2) is 5.74. The van der Waals surface area contributed by atoms with E-state index in [1.807, 2.05) is 44.2 Å². The lowest BCUT2D eigenvalue weighted by atomic mass is 10.1. The van der Waals surface area contributed by atoms with Gasteiger partial charge in [-0.15, -0.1) is 0 Å². The molecule has 88 valence electrons. The van der Waals surface area contributed by atoms with E-state index in [0.29, 0.717) is 0 Å². The van der Waals surface area contributed by atoms with Crippen LogP contribution in [0.15, 0.2) is 30.3 Å². The van der Waals surface area contributed by atoms with Gasteiger partial charge in [0.1, 0.15) is 0 Å². The predicted molar refractivity (Wildman–Crippen MR) is 64.0 cm³/mol. The molecular formula is C12H17O3P. The molecule has 16 heavy (non-hydrogen) atoms. The van der Waals surface area contributed by atoms with Gasteiger partial charge in [-0.3, -0.25) is 0 Å². The highest BCUT2D eigenvalue weighted by molar-refractivity contribution is 7.41. The SMILES string of the molecule is CC1CCOP(O[C@H](C)c2ccccc2)O1. The van der Waals surface area contributed by atoms with Gasteiger partial charge in [-0.25, -0.2) is 0 Å². The maximum absolute atomic E-state index is 5.77. The first kappa shape index (κ1) is 12.0. The normalized spacial score (nSPS) is 27.6. The molecule has 0 aliphatic carbocycles. The molecule has 0 saturated carbocycles. The molecule has 1 aliphatic rings. The average Bonchev–Trinajstić information content (AvgIpc) is 2.30. The molecular weight excluding hydrogens is 223 g/mol. The van der Waals surface area contributed by atoms with Gasteiger partial charge in [-0.1, -0.05) is 30.3 Å². The zero-order valence-electron chi connectivity index (χ0n) is 9.63. The van der Waals surface area contributed by atoms with Gasteiger partial charge >= 0.3 is 8.60 Å². The van der Waals surface area contributed by atoms with Crippen molar-refractivity contribution in [3.05, 3.63) is 35.9 Å². The summed E-state index contributed by atoms with van der Waals surface area (Å²) >= 11 is 0. The minimum absolute atomic E-state index is 0.0117. The van der Waals surface area contributed by atoms with Crippen molar-refractivity contribution in [2.75, 3.05) is 6.61 Å². The highest BCUT2D eigenvalue weighted by Gasteiger charge is 2.24. The van der Waals surface area contributed by atoms with Gasteiger partial charge in [-0.05, 0) is 25.8 Å². The Morgan fingerprint density at radius 3 is 2.81 bits per heavy atom. The molecule has 3 atom stereocenters. The van der Waals surface area contributed by atoms with Crippen molar-refractivity contribution in [3.63, 3.8) is 0 Å². The van der Waals surface area contributed by atoms with Crippen LogP contribution in [-0.4, -0.2) is 12.7 Å². The molecule has 1 fully saturated rings. The number of hydrogen-bond acceptors (Lipinski definition) is 3. The van der Waals surface area contributed by atoms with Crippen LogP contribution in [0.2, 0.25) is 0 Å². The zero-order chi connectivity index (χ0) is 11.4. The summed E-state index contributed by atoms with van der Waals surface area (Å²) in [4.78, 5) is 0. The summed E-state index contributed by atoms with van der Waals surface area (Å²) in [6, 6.07) is 10.1. The fraction of sp³-hybridized carbons (Fsp3) is 0.500. The van der Waals surface area contributed by atoms with Crippen molar-refractivity contribution in [1.82, 2.24) is 0 Å². The summed E-state index contributed by atoms with van der Waals surface area (Å²) in [5.41, 5.74) is 1.15. The largest absolute Gasteiger partial charge is 0.333 e. The quantitative estimate of drug-likeness (QED) is 0.752. The minimum Gasteiger partial charge on any atom is -0.312 e. The van der Waals surface area contributed by atoms with E-state index in [4.69, 9.17) is 13.6 Å². The van der Waals surface area contributed by atoms with Crippen LogP contribution in [0.1, 0.15) is 31.9 Å². The maximum atomic E-state index is 5.77. The summed E-state index contributed by atoms with van der Waals surface area (Å²) in [7, 11) is -1.17. The van der Waals surface area contributed by atoms with Gasteiger partial charge in [-0.2, -0.15) is 0 Å². The van der Waals surface area contributed by atoms with Crippen LogP contribution in [0, 0.1) is 0 Å². The maximum Gasteiger partial charge on any atom is 0.333 e. The lowest BCUT2D eigenvalue weighted by molar-refractivity contribution is 0.0549. The summed E-state index contributed by atoms with van der Waals surface area (Å²) < 4.78 is 16.8. The predicted octanol–water partition coefficient (Wildman–Crippen LogP) is 3.82. The first-order valence-electron chi connectivity index (χ1n) is 5.57. The first-order chi connectivity index (χ1) is 7.75. The summed E-state index contributed by atoms with van der Waals surface area (Å²) in [6.45, 7) is 4.80. The molecule has 1 aromatic carbocycles. The number of hydrogen-bond donors (Lipinski definition) is 0. The van der Waals surface area contributed by atoms with Crippen LogP contribution in [0.3, 0.4) is 0 Å². The second-order valence-corrected chi connectivity index (χ2v) is 5.05. The van der Waals surface area contributed by atoms with Gasteiger partial charge in [0.25, 0.3) is 0 Å². The summed E-state index contributed by atoms with van der Waals surface area (Å²) in [6.07, 6.45) is 1.20. The van der Waals surface area contributed by atoms with Gasteiger partial charge < -0.3 is 13.6 Å². The van der Waals surface area contributed by atoms with E-state index in [9.17, 15) is 0 Å². The van der Waals surface area contributed by atoms with E-state index in [0.717, 1.165) is 18.6 Å². The number of benzene rings is 1. The van der Waals surface area contributed by atoms with Gasteiger partial charge in [0.15, 0.2) is 0 Å². The van der Waals surface area contributed by atoms with Crippen LogP contribution in [-0.2, 0) is 13.6 Å². The van der Waals surface area contributed by atoms with Crippen molar-refractivity contribution < 1.29 is 13.6 Å². The van der Waals surface area contributed by atoms with E-state index >= 15 is 0 Å². The third-order valence-corrected chi connectivity index (χ3v) is 3.91. The Balaban J connectivity index is 1.89. The van der Waals surface area contributed by atoms with E-state index in [2.05, 4.69) is 0 Å². The van der Waals surface area contributed by atoms with E-state index in [-0.39, 0.29) is 12.2 Å². The third kappa shape index (κ3) is 3.26. The van der Waals surface area contributed by atoms with Crippen LogP contribution in [0.25, 0.3) is 0 Å². The highest BCUT2D eigenvalue weighted by Crippen LogP contribution is 2.48. The van der Waals surface area contributed by atoms with Crippen LogP contribution in [0.4, 0.5) is 0 Å². The van der Waals surface area contributed by atoms with Gasteiger partial charge in [0, 0.05) is 0 Å². The Bertz CT molecular complexity index is 317. The highest BCUT2D eigenvalue weighted by atomic mass is 31.2. The molecule has 2 unspecified atom stereocenters. The molecule has 1 aliphatic heterocycles. The Kier molecular flexibility index (Phi) is 4.30. The lowest BCUT2D eigenvalue weighted by Gasteiger charge is -2.27. The summed E-state index contributed by atoms with van der Waals surface area (Å²) in [5.74, 6) is 0. The van der Waals surface area contributed by atoms with Crippen molar-refractivity contribution in [2.24, 2.45) is 0 Å². The molecule has 0 spiro atoms. The first-order valence-corrected chi connectivity index (χ1v) is 6.67. The molecule has 1 aromatic rings. The fourth-order valence-electron chi connectivity index (χ4n) is 1.49. The van der Waals surface area contributed by atoms with Crippen LogP contribution in [0.5, 0.6) is 0 Å². The second-order valence-electron chi connectivity index (χ2n) is 3.92. The van der Waals surface area contributed by atoms with E-state index in [1.54, 1.807) is 0 Å². The fourth-order valence-corrected chi connectivity index (χ4v) is 2.70. The summed E-state index contributed by atoms with van der Waals surface area (Å²) in [5, 5.41) is 0. The molecule has 0 bridgehead atoms. The Morgan fingerprint density at radius 2 is 2.12 bits per heavy atom. The molecule has 0 aromatic heterocycles. The molecule has 0 radical (unpaired) electrons. The monoisotopic (exact) mass is 240 g/mol. The third-order valence-electron chi connectivity index (χ3n) is 2.50. The topological polar surface area (TPSA) is 27.7 Å². The van der Waals surface area contributed by atoms with E-state index < -0.39 is 8.60 Å². The Labute approximate surface area is 97.7 Å². The Morgan fingerprint density at radius 1 is 1.38 bits per heavy atom. The zero-order valence-corrected chi connectivity index (χ0v) is 10.5. The van der Waals surface area contributed by atoms with Crippen LogP contribution < -0.4 is 0 Å². The lowest BCUT2D eigenvalue weighted by Crippen LogP contribution is -2.16. The molecule has 0 amide bonds. The molecule has 0 N–H and O–H groups in total. The molecule has 3 nitrogen and oxygen atoms in total. The average molecular weight is 240 g/mol. The van der Waals surface area contributed by atoms with Crippen molar-refractivity contribution in [1.29, 1.82) is 0 Å². The van der Waals surface area contributed by atoms with Gasteiger partial charge in [0.2, 0.25) is 0 Å².